The van der Waals surface area contributed by atoms with Crippen molar-refractivity contribution in [2.45, 2.75) is 32.8 Å². The van der Waals surface area contributed by atoms with E-state index >= 15 is 0 Å². The molecule has 0 aliphatic carbocycles. The normalized spacial score (nSPS) is 14.6. The summed E-state index contributed by atoms with van der Waals surface area (Å²) in [6, 6.07) is 14.4. The summed E-state index contributed by atoms with van der Waals surface area (Å²) in [4.78, 5) is 24.2. The molecular formula is C22H26ClNO4. The summed E-state index contributed by atoms with van der Waals surface area (Å²) in [6.45, 7) is 5.73. The minimum absolute atomic E-state index is 0.334. The second-order valence-corrected chi connectivity index (χ2v) is 8.15. The van der Waals surface area contributed by atoms with E-state index in [2.05, 4.69) is 0 Å². The van der Waals surface area contributed by atoms with E-state index in [1.807, 2.05) is 32.9 Å². The van der Waals surface area contributed by atoms with Crippen LogP contribution in [0.25, 0.3) is 0 Å². The van der Waals surface area contributed by atoms with Crippen molar-refractivity contribution in [3.05, 3.63) is 64.7 Å². The van der Waals surface area contributed by atoms with Gasteiger partial charge in [0.15, 0.2) is 5.60 Å². The number of methoxy groups -OCH3 is 1. The van der Waals surface area contributed by atoms with E-state index < -0.39 is 23.0 Å². The molecule has 2 atom stereocenters. The molecule has 28 heavy (non-hydrogen) atoms. The number of halogens is 1. The van der Waals surface area contributed by atoms with Gasteiger partial charge in [-0.25, -0.2) is 4.79 Å². The fourth-order valence-corrected chi connectivity index (χ4v) is 3.91. The molecule has 2 aromatic rings. The Bertz CT molecular complexity index is 829. The summed E-state index contributed by atoms with van der Waals surface area (Å²) in [7, 11) is 1.57. The number of ether oxygens (including phenoxy) is 2. The lowest BCUT2D eigenvalue weighted by molar-refractivity contribution is -0.138. The SMILES string of the molecule is COc1ccc(C(OC(N)=O)(C(C=O)Cc2cccc(Cl)c2)C(C)(C)C)cc1. The first-order chi connectivity index (χ1) is 13.1. The van der Waals surface area contributed by atoms with Gasteiger partial charge in [0.05, 0.1) is 13.0 Å². The molecule has 150 valence electrons. The van der Waals surface area contributed by atoms with Gasteiger partial charge in [0.1, 0.15) is 12.0 Å². The zero-order chi connectivity index (χ0) is 20.9. The standard InChI is InChI=1S/C22H26ClNO4/c1-21(2,3)22(28-20(24)26,16-8-10-19(27-4)11-9-16)17(14-25)12-15-6-5-7-18(23)13-15/h5-11,13-14,17H,12H2,1-4H3,(H2,24,26). The Hall–Kier alpha value is -2.53. The Kier molecular flexibility index (Phi) is 6.73. The Balaban J connectivity index is 2.65. The first-order valence-electron chi connectivity index (χ1n) is 8.96. The van der Waals surface area contributed by atoms with Crippen molar-refractivity contribution in [1.82, 2.24) is 0 Å². The van der Waals surface area contributed by atoms with E-state index in [1.165, 1.54) is 0 Å². The van der Waals surface area contributed by atoms with Gasteiger partial charge in [-0.05, 0) is 41.8 Å². The molecule has 0 radical (unpaired) electrons. The summed E-state index contributed by atoms with van der Waals surface area (Å²) in [5.41, 5.74) is 5.06. The van der Waals surface area contributed by atoms with Crippen LogP contribution >= 0.6 is 11.6 Å². The number of benzene rings is 2. The maximum Gasteiger partial charge on any atom is 0.405 e. The second-order valence-electron chi connectivity index (χ2n) is 7.71. The molecule has 0 saturated carbocycles. The molecular weight excluding hydrogens is 378 g/mol. The van der Waals surface area contributed by atoms with Crippen molar-refractivity contribution >= 4 is 24.0 Å². The Morgan fingerprint density at radius 2 is 1.82 bits per heavy atom. The smallest absolute Gasteiger partial charge is 0.405 e. The lowest BCUT2D eigenvalue weighted by Gasteiger charge is -2.47. The molecule has 2 N–H and O–H groups in total. The first kappa shape index (κ1) is 21.8. The van der Waals surface area contributed by atoms with Crippen LogP contribution in [-0.4, -0.2) is 19.5 Å². The quantitative estimate of drug-likeness (QED) is 0.677. The van der Waals surface area contributed by atoms with Gasteiger partial charge in [0.25, 0.3) is 0 Å². The average molecular weight is 404 g/mol. The molecule has 6 heteroatoms. The summed E-state index contributed by atoms with van der Waals surface area (Å²) in [5.74, 6) is -0.0324. The van der Waals surface area contributed by atoms with E-state index in [1.54, 1.807) is 43.5 Å². The van der Waals surface area contributed by atoms with E-state index in [-0.39, 0.29) is 0 Å². The van der Waals surface area contributed by atoms with E-state index in [4.69, 9.17) is 26.8 Å². The number of rotatable bonds is 7. The lowest BCUT2D eigenvalue weighted by Crippen LogP contribution is -2.52. The third-order valence-corrected chi connectivity index (χ3v) is 5.16. The summed E-state index contributed by atoms with van der Waals surface area (Å²) >= 11 is 6.10. The number of carbonyl (C=O) groups excluding carboxylic acids is 2. The zero-order valence-electron chi connectivity index (χ0n) is 16.6. The number of hydrogen-bond donors (Lipinski definition) is 1. The number of hydrogen-bond acceptors (Lipinski definition) is 4. The zero-order valence-corrected chi connectivity index (χ0v) is 17.3. The lowest BCUT2D eigenvalue weighted by atomic mass is 9.64. The highest BCUT2D eigenvalue weighted by molar-refractivity contribution is 6.30. The van der Waals surface area contributed by atoms with E-state index in [9.17, 15) is 9.59 Å². The molecule has 2 rings (SSSR count). The second kappa shape index (κ2) is 8.65. The Labute approximate surface area is 170 Å². The van der Waals surface area contributed by atoms with Crippen molar-refractivity contribution < 1.29 is 19.1 Å². The largest absolute Gasteiger partial charge is 0.497 e. The summed E-state index contributed by atoms with van der Waals surface area (Å²) in [6.07, 6.45) is 0.212. The number of amides is 1. The maximum absolute atomic E-state index is 12.3. The maximum atomic E-state index is 12.3. The highest BCUT2D eigenvalue weighted by Gasteiger charge is 2.53. The van der Waals surface area contributed by atoms with Gasteiger partial charge >= 0.3 is 6.09 Å². The van der Waals surface area contributed by atoms with E-state index in [0.29, 0.717) is 22.8 Å². The van der Waals surface area contributed by atoms with Crippen LogP contribution in [0.4, 0.5) is 4.79 Å². The average Bonchev–Trinajstić information content (AvgIpc) is 2.63. The molecule has 0 spiro atoms. The highest BCUT2D eigenvalue weighted by Crippen LogP contribution is 2.49. The monoisotopic (exact) mass is 403 g/mol. The molecule has 0 aliphatic heterocycles. The van der Waals surface area contributed by atoms with Gasteiger partial charge in [-0.1, -0.05) is 56.6 Å². The number of carbonyl (C=O) groups is 2. The summed E-state index contributed by atoms with van der Waals surface area (Å²) < 4.78 is 11.0. The third-order valence-electron chi connectivity index (χ3n) is 4.93. The molecule has 5 nitrogen and oxygen atoms in total. The van der Waals surface area contributed by atoms with Crippen molar-refractivity contribution in [2.24, 2.45) is 17.1 Å². The minimum Gasteiger partial charge on any atom is -0.497 e. The predicted molar refractivity (Wildman–Crippen MR) is 110 cm³/mol. The minimum atomic E-state index is -1.28. The van der Waals surface area contributed by atoms with Crippen LogP contribution in [0.2, 0.25) is 5.02 Å². The fraction of sp³-hybridized carbons (Fsp3) is 0.364. The van der Waals surface area contributed by atoms with Crippen LogP contribution in [-0.2, 0) is 21.6 Å². The predicted octanol–water partition coefficient (Wildman–Crippen LogP) is 4.74. The van der Waals surface area contributed by atoms with Crippen LogP contribution < -0.4 is 10.5 Å². The highest BCUT2D eigenvalue weighted by atomic mass is 35.5. The fourth-order valence-electron chi connectivity index (χ4n) is 3.69. The van der Waals surface area contributed by atoms with Gasteiger partial charge < -0.3 is 20.0 Å². The van der Waals surface area contributed by atoms with Gasteiger partial charge in [-0.2, -0.15) is 0 Å². The van der Waals surface area contributed by atoms with Crippen molar-refractivity contribution in [1.29, 1.82) is 0 Å². The van der Waals surface area contributed by atoms with Gasteiger partial charge in [-0.15, -0.1) is 0 Å². The Morgan fingerprint density at radius 3 is 2.29 bits per heavy atom. The van der Waals surface area contributed by atoms with Crippen molar-refractivity contribution in [2.75, 3.05) is 7.11 Å². The van der Waals surface area contributed by atoms with E-state index in [0.717, 1.165) is 11.8 Å². The number of primary amides is 1. The molecule has 0 aromatic heterocycles. The molecule has 2 aromatic carbocycles. The first-order valence-corrected chi connectivity index (χ1v) is 9.34. The van der Waals surface area contributed by atoms with Gasteiger partial charge in [0, 0.05) is 10.4 Å². The van der Waals surface area contributed by atoms with Crippen LogP contribution in [0.3, 0.4) is 0 Å². The molecule has 0 heterocycles. The molecule has 2 unspecified atom stereocenters. The van der Waals surface area contributed by atoms with Crippen LogP contribution in [0, 0.1) is 11.3 Å². The van der Waals surface area contributed by atoms with Crippen LogP contribution in [0.1, 0.15) is 31.9 Å². The third kappa shape index (κ3) is 4.47. The van der Waals surface area contributed by atoms with Gasteiger partial charge in [0.2, 0.25) is 0 Å². The molecule has 0 aliphatic rings. The molecule has 0 saturated heterocycles. The van der Waals surface area contributed by atoms with Crippen LogP contribution in [0.5, 0.6) is 5.75 Å². The van der Waals surface area contributed by atoms with Crippen molar-refractivity contribution in [3.8, 4) is 5.75 Å². The number of nitrogens with two attached hydrogens (primary N) is 1. The molecule has 0 bridgehead atoms. The summed E-state index contributed by atoms with van der Waals surface area (Å²) in [5, 5.41) is 0.573. The topological polar surface area (TPSA) is 78.6 Å². The molecule has 0 fully saturated rings. The molecule has 1 amide bonds. The van der Waals surface area contributed by atoms with Gasteiger partial charge in [-0.3, -0.25) is 0 Å². The number of aldehydes is 1. The Morgan fingerprint density at radius 1 is 1.18 bits per heavy atom. The van der Waals surface area contributed by atoms with Crippen LogP contribution in [0.15, 0.2) is 48.5 Å². The van der Waals surface area contributed by atoms with Crippen molar-refractivity contribution in [3.63, 3.8) is 0 Å².